The number of piperidine rings is 1. The summed E-state index contributed by atoms with van der Waals surface area (Å²) in [5.41, 5.74) is 0.998. The molecule has 2 bridgehead atoms. The third-order valence-electron chi connectivity index (χ3n) is 4.69. The average Bonchev–Trinajstić information content (AvgIpc) is 2.78. The molecule has 0 saturated carbocycles. The van der Waals surface area contributed by atoms with Crippen LogP contribution in [0.2, 0.25) is 0 Å². The average molecular weight is 335 g/mol. The van der Waals surface area contributed by atoms with E-state index in [1.54, 1.807) is 24.3 Å². The summed E-state index contributed by atoms with van der Waals surface area (Å²) in [5.74, 6) is -0.0719. The molecular weight excluding hydrogens is 314 g/mol. The van der Waals surface area contributed by atoms with Gasteiger partial charge in [-0.2, -0.15) is 8.42 Å². The predicted octanol–water partition coefficient (Wildman–Crippen LogP) is 2.41. The lowest BCUT2D eigenvalue weighted by atomic mass is 10.00. The molecule has 2 fully saturated rings. The maximum Gasteiger partial charge on any atom is 0.297 e. The maximum atomic E-state index is 12.4. The van der Waals surface area contributed by atoms with Gasteiger partial charge in [-0.15, -0.1) is 0 Å². The van der Waals surface area contributed by atoms with Crippen molar-refractivity contribution in [3.63, 3.8) is 0 Å². The fourth-order valence-corrected chi connectivity index (χ4v) is 4.71. The van der Waals surface area contributed by atoms with Gasteiger partial charge >= 0.3 is 0 Å². The Balaban J connectivity index is 1.72. The molecule has 124 valence electrons. The molecule has 0 N–H and O–H groups in total. The highest BCUT2D eigenvalue weighted by Gasteiger charge is 2.44. The monoisotopic (exact) mass is 335 g/mol. The molecule has 2 aliphatic rings. The molecule has 3 atom stereocenters. The van der Waals surface area contributed by atoms with E-state index in [4.69, 9.17) is 4.18 Å². The van der Waals surface area contributed by atoms with Crippen molar-refractivity contribution in [2.45, 2.75) is 55.7 Å². The number of aryl methyl sites for hydroxylation is 1. The summed E-state index contributed by atoms with van der Waals surface area (Å²) >= 11 is 0. The summed E-state index contributed by atoms with van der Waals surface area (Å²) in [5, 5.41) is 0. The third-order valence-corrected chi connectivity index (χ3v) is 6.07. The molecule has 1 amide bonds. The zero-order valence-electron chi connectivity index (χ0n) is 13.1. The van der Waals surface area contributed by atoms with Gasteiger partial charge in [0.1, 0.15) is 0 Å². The Kier molecular flexibility index (Phi) is 4.29. The van der Waals surface area contributed by atoms with Crippen LogP contribution in [0.5, 0.6) is 0 Å². The van der Waals surface area contributed by atoms with E-state index in [2.05, 4.69) is 6.58 Å². The van der Waals surface area contributed by atoms with Gasteiger partial charge in [-0.05, 0) is 50.8 Å². The zero-order chi connectivity index (χ0) is 16.6. The van der Waals surface area contributed by atoms with E-state index in [0.717, 1.165) is 18.4 Å². The van der Waals surface area contributed by atoms with Crippen molar-refractivity contribution in [2.75, 3.05) is 0 Å². The minimum atomic E-state index is -3.76. The Morgan fingerprint density at radius 1 is 1.22 bits per heavy atom. The molecule has 0 aliphatic carbocycles. The maximum absolute atomic E-state index is 12.4. The highest BCUT2D eigenvalue weighted by Crippen LogP contribution is 2.38. The van der Waals surface area contributed by atoms with Gasteiger partial charge in [0.2, 0.25) is 5.91 Å². The zero-order valence-corrected chi connectivity index (χ0v) is 14.0. The Morgan fingerprint density at radius 2 is 1.78 bits per heavy atom. The molecule has 1 aromatic carbocycles. The summed E-state index contributed by atoms with van der Waals surface area (Å²) in [6.45, 7) is 5.44. The van der Waals surface area contributed by atoms with Crippen molar-refractivity contribution >= 4 is 16.0 Å². The standard InChI is InChI=1S/C17H21NO4S/c1-3-17(19)18-13-6-7-14(18)11-15(10-13)22-23(20,21)16-8-4-12(2)5-9-16/h3-5,8-9,13-15H,1,6-7,10-11H2,2H3/t13-,14+,15?. The number of benzene rings is 1. The molecule has 6 heteroatoms. The first kappa shape index (κ1) is 16.2. The van der Waals surface area contributed by atoms with Crippen LogP contribution in [0.3, 0.4) is 0 Å². The number of carbonyl (C=O) groups is 1. The van der Waals surface area contributed by atoms with E-state index in [9.17, 15) is 13.2 Å². The molecule has 2 heterocycles. The van der Waals surface area contributed by atoms with Crippen LogP contribution in [0, 0.1) is 6.92 Å². The lowest BCUT2D eigenvalue weighted by Crippen LogP contribution is -2.48. The largest absolute Gasteiger partial charge is 0.333 e. The van der Waals surface area contributed by atoms with Crippen LogP contribution in [0.1, 0.15) is 31.2 Å². The number of carbonyl (C=O) groups excluding carboxylic acids is 1. The molecule has 0 spiro atoms. The van der Waals surface area contributed by atoms with Gasteiger partial charge in [-0.3, -0.25) is 8.98 Å². The predicted molar refractivity (Wildman–Crippen MR) is 86.3 cm³/mol. The Labute approximate surface area is 137 Å². The molecule has 0 radical (unpaired) electrons. The highest BCUT2D eigenvalue weighted by molar-refractivity contribution is 7.86. The van der Waals surface area contributed by atoms with E-state index in [1.165, 1.54) is 6.08 Å². The smallest absolute Gasteiger partial charge is 0.297 e. The number of fused-ring (bicyclic) bond motifs is 2. The van der Waals surface area contributed by atoms with Crippen LogP contribution in [0.15, 0.2) is 41.8 Å². The minimum Gasteiger partial charge on any atom is -0.333 e. The molecule has 3 rings (SSSR count). The first-order valence-electron chi connectivity index (χ1n) is 7.85. The van der Waals surface area contributed by atoms with Gasteiger partial charge in [0, 0.05) is 12.1 Å². The quantitative estimate of drug-likeness (QED) is 0.626. The van der Waals surface area contributed by atoms with E-state index < -0.39 is 10.1 Å². The second kappa shape index (κ2) is 6.09. The number of rotatable bonds is 4. The van der Waals surface area contributed by atoms with Crippen LogP contribution >= 0.6 is 0 Å². The van der Waals surface area contributed by atoms with Gasteiger partial charge in [0.25, 0.3) is 10.1 Å². The number of amides is 1. The van der Waals surface area contributed by atoms with Crippen molar-refractivity contribution < 1.29 is 17.4 Å². The van der Waals surface area contributed by atoms with Gasteiger partial charge < -0.3 is 4.90 Å². The van der Waals surface area contributed by atoms with Crippen LogP contribution in [-0.4, -0.2) is 37.4 Å². The number of hydrogen-bond donors (Lipinski definition) is 0. The highest BCUT2D eigenvalue weighted by atomic mass is 32.2. The van der Waals surface area contributed by atoms with Crippen LogP contribution in [-0.2, 0) is 19.1 Å². The summed E-state index contributed by atoms with van der Waals surface area (Å²) in [6, 6.07) is 6.75. The summed E-state index contributed by atoms with van der Waals surface area (Å²) in [6.07, 6.45) is 3.87. The van der Waals surface area contributed by atoms with Crippen molar-refractivity contribution in [3.05, 3.63) is 42.5 Å². The molecule has 0 aromatic heterocycles. The van der Waals surface area contributed by atoms with E-state index >= 15 is 0 Å². The summed E-state index contributed by atoms with van der Waals surface area (Å²) in [4.78, 5) is 13.9. The SMILES string of the molecule is C=CC(=O)N1[C@@H]2CC[C@H]1CC(OS(=O)(=O)c1ccc(C)cc1)C2. The molecule has 23 heavy (non-hydrogen) atoms. The van der Waals surface area contributed by atoms with Crippen molar-refractivity contribution in [3.8, 4) is 0 Å². The minimum absolute atomic E-state index is 0.0532. The van der Waals surface area contributed by atoms with Crippen LogP contribution in [0.25, 0.3) is 0 Å². The third kappa shape index (κ3) is 3.19. The second-order valence-electron chi connectivity index (χ2n) is 6.29. The van der Waals surface area contributed by atoms with E-state index in [0.29, 0.717) is 12.8 Å². The van der Waals surface area contributed by atoms with Gasteiger partial charge in [-0.25, -0.2) is 0 Å². The summed E-state index contributed by atoms with van der Waals surface area (Å²) < 4.78 is 30.3. The Hall–Kier alpha value is -1.66. The molecule has 2 saturated heterocycles. The second-order valence-corrected chi connectivity index (χ2v) is 7.86. The van der Waals surface area contributed by atoms with Crippen LogP contribution < -0.4 is 0 Å². The van der Waals surface area contributed by atoms with Crippen molar-refractivity contribution in [1.82, 2.24) is 4.90 Å². The van der Waals surface area contributed by atoms with E-state index in [1.807, 2.05) is 11.8 Å². The fourth-order valence-electron chi connectivity index (χ4n) is 3.61. The Morgan fingerprint density at radius 3 is 2.30 bits per heavy atom. The van der Waals surface area contributed by atoms with E-state index in [-0.39, 0.29) is 29.0 Å². The molecule has 1 aromatic rings. The Bertz CT molecular complexity index is 697. The first-order chi connectivity index (χ1) is 10.9. The van der Waals surface area contributed by atoms with Crippen molar-refractivity contribution in [1.29, 1.82) is 0 Å². The molecule has 1 unspecified atom stereocenters. The topological polar surface area (TPSA) is 63.7 Å². The number of nitrogens with zero attached hydrogens (tertiary/aromatic N) is 1. The lowest BCUT2D eigenvalue weighted by molar-refractivity contribution is -0.131. The van der Waals surface area contributed by atoms with Gasteiger partial charge in [0.15, 0.2) is 0 Å². The van der Waals surface area contributed by atoms with Gasteiger partial charge in [-0.1, -0.05) is 24.3 Å². The summed E-state index contributed by atoms with van der Waals surface area (Å²) in [7, 11) is -3.76. The molecule has 5 nitrogen and oxygen atoms in total. The normalized spacial score (nSPS) is 27.0. The first-order valence-corrected chi connectivity index (χ1v) is 9.26. The fraction of sp³-hybridized carbons (Fsp3) is 0.471. The molecule has 2 aliphatic heterocycles. The van der Waals surface area contributed by atoms with Crippen LogP contribution in [0.4, 0.5) is 0 Å². The number of hydrogen-bond acceptors (Lipinski definition) is 4. The van der Waals surface area contributed by atoms with Gasteiger partial charge in [0.05, 0.1) is 11.0 Å². The molecular formula is C17H21NO4S. The lowest BCUT2D eigenvalue weighted by Gasteiger charge is -2.37. The van der Waals surface area contributed by atoms with Crippen molar-refractivity contribution in [2.24, 2.45) is 0 Å².